The highest BCUT2D eigenvalue weighted by Crippen LogP contribution is 2.29. The van der Waals surface area contributed by atoms with Crippen molar-refractivity contribution in [3.8, 4) is 11.5 Å². The minimum Gasteiger partial charge on any atom is -0.495 e. The van der Waals surface area contributed by atoms with E-state index in [2.05, 4.69) is 0 Å². The van der Waals surface area contributed by atoms with E-state index < -0.39 is 0 Å². The van der Waals surface area contributed by atoms with Crippen molar-refractivity contribution in [2.75, 3.05) is 26.2 Å². The second kappa shape index (κ2) is 5.07. The minimum atomic E-state index is 0.280. The highest BCUT2D eigenvalue weighted by atomic mass is 16.7. The molecule has 0 aromatic heterocycles. The average Bonchev–Trinajstić information content (AvgIpc) is 3.08. The first-order valence-corrected chi connectivity index (χ1v) is 5.43. The van der Waals surface area contributed by atoms with Crippen LogP contribution in [-0.4, -0.2) is 20.5 Å². The van der Waals surface area contributed by atoms with Gasteiger partial charge in [-0.2, -0.15) is 0 Å². The quantitative estimate of drug-likeness (QED) is 0.455. The maximum absolute atomic E-state index is 5.75. The highest BCUT2D eigenvalue weighted by molar-refractivity contribution is 5.56. The maximum Gasteiger partial charge on any atom is 0.189 e. The second-order valence-corrected chi connectivity index (χ2v) is 3.98. The fourth-order valence-electron chi connectivity index (χ4n) is 1.41. The summed E-state index contributed by atoms with van der Waals surface area (Å²) in [5.74, 6) is 2.12. The van der Waals surface area contributed by atoms with Gasteiger partial charge < -0.3 is 19.9 Å². The Morgan fingerprint density at radius 1 is 1.38 bits per heavy atom. The fraction of sp³-hybridized carbons (Fsp3) is 0.500. The number of ether oxygens (including phenoxy) is 3. The van der Waals surface area contributed by atoms with Crippen molar-refractivity contribution in [2.45, 2.75) is 12.8 Å². The normalized spacial score (nSPS) is 14.8. The molecule has 2 N–H and O–H groups in total. The van der Waals surface area contributed by atoms with Crippen LogP contribution in [0, 0.1) is 5.92 Å². The smallest absolute Gasteiger partial charge is 0.189 e. The van der Waals surface area contributed by atoms with Crippen LogP contribution in [0.15, 0.2) is 18.2 Å². The summed E-state index contributed by atoms with van der Waals surface area (Å²) < 4.78 is 15.8. The number of rotatable bonds is 6. The molecule has 1 aromatic carbocycles. The molecule has 1 saturated carbocycles. The first-order chi connectivity index (χ1) is 7.79. The molecule has 0 atom stereocenters. The molecule has 0 spiro atoms. The Kier molecular flexibility index (Phi) is 3.51. The summed E-state index contributed by atoms with van der Waals surface area (Å²) in [6, 6.07) is 5.33. The SMILES string of the molecule is COc1ccc(OCOCC2CC2)cc1N. The molecule has 16 heavy (non-hydrogen) atoms. The van der Waals surface area contributed by atoms with E-state index in [4.69, 9.17) is 19.9 Å². The Hall–Kier alpha value is -1.42. The molecule has 0 amide bonds. The van der Waals surface area contributed by atoms with Gasteiger partial charge in [0.1, 0.15) is 11.5 Å². The maximum atomic E-state index is 5.75. The van der Waals surface area contributed by atoms with Gasteiger partial charge in [0.15, 0.2) is 6.79 Å². The Morgan fingerprint density at radius 2 is 2.19 bits per heavy atom. The summed E-state index contributed by atoms with van der Waals surface area (Å²) in [5, 5.41) is 0. The topological polar surface area (TPSA) is 53.7 Å². The van der Waals surface area contributed by atoms with Crippen molar-refractivity contribution >= 4 is 5.69 Å². The second-order valence-electron chi connectivity index (χ2n) is 3.98. The summed E-state index contributed by atoms with van der Waals surface area (Å²) in [6.45, 7) is 1.08. The van der Waals surface area contributed by atoms with E-state index in [0.29, 0.717) is 17.2 Å². The monoisotopic (exact) mass is 223 g/mol. The van der Waals surface area contributed by atoms with Crippen molar-refractivity contribution in [1.29, 1.82) is 0 Å². The summed E-state index contributed by atoms with van der Waals surface area (Å²) in [7, 11) is 1.59. The van der Waals surface area contributed by atoms with Crippen LogP contribution < -0.4 is 15.2 Å². The summed E-state index contributed by atoms with van der Waals surface area (Å²) in [5.41, 5.74) is 6.32. The third kappa shape index (κ3) is 3.03. The molecular formula is C12H17NO3. The zero-order valence-electron chi connectivity index (χ0n) is 9.44. The summed E-state index contributed by atoms with van der Waals surface area (Å²) in [6.07, 6.45) is 2.57. The van der Waals surface area contributed by atoms with E-state index in [-0.39, 0.29) is 6.79 Å². The third-order valence-electron chi connectivity index (χ3n) is 2.56. The summed E-state index contributed by atoms with van der Waals surface area (Å²) in [4.78, 5) is 0. The molecule has 4 nitrogen and oxygen atoms in total. The Balaban J connectivity index is 1.77. The van der Waals surface area contributed by atoms with E-state index in [0.717, 1.165) is 12.5 Å². The molecule has 1 fully saturated rings. The van der Waals surface area contributed by atoms with Crippen LogP contribution in [-0.2, 0) is 4.74 Å². The molecule has 1 aromatic rings. The zero-order valence-corrected chi connectivity index (χ0v) is 9.44. The molecule has 1 aliphatic rings. The van der Waals surface area contributed by atoms with Crippen LogP contribution in [0.3, 0.4) is 0 Å². The lowest BCUT2D eigenvalue weighted by Gasteiger charge is -2.09. The lowest BCUT2D eigenvalue weighted by Crippen LogP contribution is -2.05. The molecule has 0 bridgehead atoms. The van der Waals surface area contributed by atoms with Gasteiger partial charge in [-0.3, -0.25) is 0 Å². The average molecular weight is 223 g/mol. The molecule has 0 radical (unpaired) electrons. The zero-order chi connectivity index (χ0) is 11.4. The number of methoxy groups -OCH3 is 1. The molecule has 2 rings (SSSR count). The highest BCUT2D eigenvalue weighted by Gasteiger charge is 2.21. The molecule has 0 aliphatic heterocycles. The number of benzene rings is 1. The largest absolute Gasteiger partial charge is 0.495 e. The third-order valence-corrected chi connectivity index (χ3v) is 2.56. The van der Waals surface area contributed by atoms with Gasteiger partial charge in [0.2, 0.25) is 0 Å². The fourth-order valence-corrected chi connectivity index (χ4v) is 1.41. The predicted molar refractivity (Wildman–Crippen MR) is 61.6 cm³/mol. The lowest BCUT2D eigenvalue weighted by molar-refractivity contribution is 0.01000. The number of nitrogen functional groups attached to an aromatic ring is 1. The molecule has 0 saturated heterocycles. The van der Waals surface area contributed by atoms with Crippen LogP contribution in [0.5, 0.6) is 11.5 Å². The van der Waals surface area contributed by atoms with Crippen LogP contribution in [0.25, 0.3) is 0 Å². The Morgan fingerprint density at radius 3 is 2.81 bits per heavy atom. The molecule has 0 unspecified atom stereocenters. The Bertz CT molecular complexity index is 350. The first-order valence-electron chi connectivity index (χ1n) is 5.43. The van der Waals surface area contributed by atoms with Gasteiger partial charge in [-0.25, -0.2) is 0 Å². The molecule has 88 valence electrons. The number of hydrogen-bond acceptors (Lipinski definition) is 4. The van der Waals surface area contributed by atoms with Gasteiger partial charge in [-0.15, -0.1) is 0 Å². The van der Waals surface area contributed by atoms with Gasteiger partial charge >= 0.3 is 0 Å². The van der Waals surface area contributed by atoms with Gasteiger partial charge in [-0.1, -0.05) is 0 Å². The van der Waals surface area contributed by atoms with Crippen LogP contribution in [0.2, 0.25) is 0 Å². The summed E-state index contributed by atoms with van der Waals surface area (Å²) >= 11 is 0. The molecule has 4 heteroatoms. The van der Waals surface area contributed by atoms with Crippen molar-refractivity contribution in [1.82, 2.24) is 0 Å². The number of nitrogens with two attached hydrogens (primary N) is 1. The van der Waals surface area contributed by atoms with Gasteiger partial charge in [0.05, 0.1) is 19.4 Å². The van der Waals surface area contributed by atoms with Crippen LogP contribution in [0.4, 0.5) is 5.69 Å². The molecule has 0 heterocycles. The van der Waals surface area contributed by atoms with E-state index >= 15 is 0 Å². The lowest BCUT2D eigenvalue weighted by atomic mass is 10.3. The standard InChI is InChI=1S/C12H17NO3/c1-14-12-5-4-10(6-11(12)13)16-8-15-7-9-2-3-9/h4-6,9H,2-3,7-8,13H2,1H3. The molecule has 1 aliphatic carbocycles. The van der Waals surface area contributed by atoms with Gasteiger partial charge in [0.25, 0.3) is 0 Å². The van der Waals surface area contributed by atoms with Crippen LogP contribution in [0.1, 0.15) is 12.8 Å². The van der Waals surface area contributed by atoms with E-state index in [1.165, 1.54) is 12.8 Å². The van der Waals surface area contributed by atoms with Crippen molar-refractivity contribution < 1.29 is 14.2 Å². The van der Waals surface area contributed by atoms with E-state index in [1.807, 2.05) is 6.07 Å². The number of hydrogen-bond donors (Lipinski definition) is 1. The first kappa shape index (κ1) is 11.1. The van der Waals surface area contributed by atoms with Crippen LogP contribution >= 0.6 is 0 Å². The van der Waals surface area contributed by atoms with Gasteiger partial charge in [0, 0.05) is 6.07 Å². The minimum absolute atomic E-state index is 0.280. The van der Waals surface area contributed by atoms with E-state index in [1.54, 1.807) is 19.2 Å². The van der Waals surface area contributed by atoms with Crippen molar-refractivity contribution in [3.63, 3.8) is 0 Å². The number of anilines is 1. The Labute approximate surface area is 95.3 Å². The predicted octanol–water partition coefficient (Wildman–Crippen LogP) is 2.04. The van der Waals surface area contributed by atoms with Crippen molar-refractivity contribution in [2.24, 2.45) is 5.92 Å². The van der Waals surface area contributed by atoms with Gasteiger partial charge in [-0.05, 0) is 30.9 Å². The molecular weight excluding hydrogens is 206 g/mol. The van der Waals surface area contributed by atoms with Crippen molar-refractivity contribution in [3.05, 3.63) is 18.2 Å². The van der Waals surface area contributed by atoms with E-state index in [9.17, 15) is 0 Å².